The molecule has 0 aromatic heterocycles. The maximum Gasteiger partial charge on any atom is 0.326 e. The molecular formula is C18H29N5O8. The molecule has 4 atom stereocenters. The lowest BCUT2D eigenvalue weighted by Gasteiger charge is -2.27. The second-order valence-electron chi connectivity index (χ2n) is 7.36. The third-order valence-corrected chi connectivity index (χ3v) is 4.87. The molecule has 4 amide bonds. The van der Waals surface area contributed by atoms with E-state index in [-0.39, 0.29) is 25.8 Å². The highest BCUT2D eigenvalue weighted by Crippen LogP contribution is 2.18. The van der Waals surface area contributed by atoms with Crippen LogP contribution in [-0.4, -0.2) is 81.4 Å². The van der Waals surface area contributed by atoms with Gasteiger partial charge in [0, 0.05) is 19.4 Å². The topological polar surface area (TPSA) is 222 Å². The van der Waals surface area contributed by atoms with E-state index >= 15 is 0 Å². The molecule has 1 fully saturated rings. The minimum Gasteiger partial charge on any atom is -0.481 e. The number of carboxylic acids is 2. The van der Waals surface area contributed by atoms with E-state index in [1.54, 1.807) is 0 Å². The molecule has 1 rings (SSSR count). The predicted molar refractivity (Wildman–Crippen MR) is 105 cm³/mol. The molecule has 13 nitrogen and oxygen atoms in total. The van der Waals surface area contributed by atoms with Gasteiger partial charge in [-0.2, -0.15) is 0 Å². The van der Waals surface area contributed by atoms with Crippen LogP contribution >= 0.6 is 0 Å². The van der Waals surface area contributed by atoms with Crippen molar-refractivity contribution in [3.63, 3.8) is 0 Å². The van der Waals surface area contributed by atoms with Crippen molar-refractivity contribution in [3.8, 4) is 0 Å². The fourth-order valence-corrected chi connectivity index (χ4v) is 3.16. The average molecular weight is 443 g/mol. The number of carbonyl (C=O) groups excluding carboxylic acids is 4. The first kappa shape index (κ1) is 25.8. The third-order valence-electron chi connectivity index (χ3n) is 4.87. The summed E-state index contributed by atoms with van der Waals surface area (Å²) in [5.74, 6) is -5.19. The molecule has 1 aliphatic heterocycles. The molecule has 0 spiro atoms. The zero-order valence-electron chi connectivity index (χ0n) is 17.2. The van der Waals surface area contributed by atoms with Crippen molar-refractivity contribution < 1.29 is 39.0 Å². The summed E-state index contributed by atoms with van der Waals surface area (Å²) in [6, 6.07) is -4.52. The van der Waals surface area contributed by atoms with Crippen LogP contribution in [0.15, 0.2) is 0 Å². The molecule has 0 aromatic rings. The number of hydrogen-bond donors (Lipinski definition) is 6. The van der Waals surface area contributed by atoms with Gasteiger partial charge < -0.3 is 37.2 Å². The van der Waals surface area contributed by atoms with Gasteiger partial charge in [-0.1, -0.05) is 0 Å². The van der Waals surface area contributed by atoms with Crippen LogP contribution in [0.3, 0.4) is 0 Å². The number of carboxylic acid groups (broad SMARTS) is 2. The Balaban J connectivity index is 2.78. The van der Waals surface area contributed by atoms with Crippen molar-refractivity contribution in [2.75, 3.05) is 6.54 Å². The third kappa shape index (κ3) is 8.20. The normalized spacial score (nSPS) is 18.5. The lowest BCUT2D eigenvalue weighted by atomic mass is 10.1. The highest BCUT2D eigenvalue weighted by molar-refractivity contribution is 5.94. The number of rotatable bonds is 12. The fourth-order valence-electron chi connectivity index (χ4n) is 3.16. The Hall–Kier alpha value is -3.22. The molecule has 13 heteroatoms. The zero-order chi connectivity index (χ0) is 23.7. The summed E-state index contributed by atoms with van der Waals surface area (Å²) in [4.78, 5) is 71.5. The monoisotopic (exact) mass is 443 g/mol. The molecule has 1 aliphatic rings. The second-order valence-corrected chi connectivity index (χ2v) is 7.36. The SMILES string of the molecule is CC(NC(=O)C(CCC(=O)O)NC(=O)C(N)CCC(N)=O)C(=O)N1CCCC1C(=O)O. The Morgan fingerprint density at radius 3 is 2.23 bits per heavy atom. The van der Waals surface area contributed by atoms with Crippen LogP contribution < -0.4 is 22.1 Å². The fraction of sp³-hybridized carbons (Fsp3) is 0.667. The number of hydrogen-bond acceptors (Lipinski definition) is 7. The van der Waals surface area contributed by atoms with Gasteiger partial charge in [0.1, 0.15) is 18.1 Å². The van der Waals surface area contributed by atoms with E-state index in [0.717, 1.165) is 4.90 Å². The van der Waals surface area contributed by atoms with Gasteiger partial charge in [-0.15, -0.1) is 0 Å². The molecule has 0 radical (unpaired) electrons. The Morgan fingerprint density at radius 2 is 1.68 bits per heavy atom. The second kappa shape index (κ2) is 11.8. The summed E-state index contributed by atoms with van der Waals surface area (Å²) in [5, 5.41) is 22.8. The number of aliphatic carboxylic acids is 2. The number of amides is 4. The van der Waals surface area contributed by atoms with E-state index in [2.05, 4.69) is 10.6 Å². The standard InChI is InChI=1S/C18H29N5O8/c1-9(17(29)23-8-2-3-12(23)18(30)31)21-16(28)11(5-7-14(25)26)22-15(27)10(19)4-6-13(20)24/h9-12H,2-8,19H2,1H3,(H2,20,24)(H,21,28)(H,22,27)(H,25,26)(H,30,31). The minimum absolute atomic E-state index is 0.0607. The van der Waals surface area contributed by atoms with Crippen LogP contribution in [0.25, 0.3) is 0 Å². The summed E-state index contributed by atoms with van der Waals surface area (Å²) in [6.07, 6.45) is -0.0874. The Bertz CT molecular complexity index is 728. The molecule has 0 aliphatic carbocycles. The van der Waals surface area contributed by atoms with Crippen LogP contribution in [0.5, 0.6) is 0 Å². The summed E-state index contributed by atoms with van der Waals surface area (Å²) in [5.41, 5.74) is 10.7. The summed E-state index contributed by atoms with van der Waals surface area (Å²) < 4.78 is 0. The number of carbonyl (C=O) groups is 6. The van der Waals surface area contributed by atoms with E-state index in [4.69, 9.17) is 16.6 Å². The van der Waals surface area contributed by atoms with E-state index < -0.39 is 66.2 Å². The number of primary amides is 1. The highest BCUT2D eigenvalue weighted by atomic mass is 16.4. The van der Waals surface area contributed by atoms with Crippen LogP contribution in [0.2, 0.25) is 0 Å². The number of likely N-dealkylation sites (tertiary alicyclic amines) is 1. The van der Waals surface area contributed by atoms with Crippen molar-refractivity contribution in [1.29, 1.82) is 0 Å². The summed E-state index contributed by atoms with van der Waals surface area (Å²) in [6.45, 7) is 1.61. The van der Waals surface area contributed by atoms with Crippen molar-refractivity contribution >= 4 is 35.6 Å². The first-order valence-electron chi connectivity index (χ1n) is 9.83. The van der Waals surface area contributed by atoms with Crippen LogP contribution in [0.4, 0.5) is 0 Å². The van der Waals surface area contributed by atoms with E-state index in [0.29, 0.717) is 12.8 Å². The zero-order valence-corrected chi connectivity index (χ0v) is 17.2. The van der Waals surface area contributed by atoms with Gasteiger partial charge in [0.15, 0.2) is 0 Å². The van der Waals surface area contributed by atoms with Gasteiger partial charge in [-0.05, 0) is 32.6 Å². The molecule has 174 valence electrons. The van der Waals surface area contributed by atoms with Gasteiger partial charge in [0.05, 0.1) is 6.04 Å². The molecule has 0 saturated carbocycles. The Kier molecular flexibility index (Phi) is 9.86. The first-order valence-corrected chi connectivity index (χ1v) is 9.83. The van der Waals surface area contributed by atoms with Crippen LogP contribution in [-0.2, 0) is 28.8 Å². The van der Waals surface area contributed by atoms with Crippen molar-refractivity contribution in [3.05, 3.63) is 0 Å². The lowest BCUT2D eigenvalue weighted by molar-refractivity contribution is -0.149. The summed E-state index contributed by atoms with van der Waals surface area (Å²) in [7, 11) is 0. The van der Waals surface area contributed by atoms with Gasteiger partial charge in [-0.25, -0.2) is 4.79 Å². The maximum atomic E-state index is 12.6. The Morgan fingerprint density at radius 1 is 1.03 bits per heavy atom. The van der Waals surface area contributed by atoms with Gasteiger partial charge >= 0.3 is 11.9 Å². The van der Waals surface area contributed by atoms with E-state index in [1.165, 1.54) is 6.92 Å². The number of nitrogens with zero attached hydrogens (tertiary/aromatic N) is 1. The highest BCUT2D eigenvalue weighted by Gasteiger charge is 2.37. The largest absolute Gasteiger partial charge is 0.481 e. The molecule has 0 aromatic carbocycles. The van der Waals surface area contributed by atoms with E-state index in [9.17, 15) is 33.9 Å². The van der Waals surface area contributed by atoms with Gasteiger partial charge in [0.2, 0.25) is 23.6 Å². The van der Waals surface area contributed by atoms with Crippen LogP contribution in [0, 0.1) is 0 Å². The molecule has 31 heavy (non-hydrogen) atoms. The predicted octanol–water partition coefficient (Wildman–Crippen LogP) is -2.49. The molecule has 8 N–H and O–H groups in total. The van der Waals surface area contributed by atoms with Gasteiger partial charge in [0.25, 0.3) is 0 Å². The molecule has 4 unspecified atom stereocenters. The minimum atomic E-state index is -1.30. The first-order chi connectivity index (χ1) is 14.4. The lowest BCUT2D eigenvalue weighted by Crippen LogP contribution is -2.56. The maximum absolute atomic E-state index is 12.6. The average Bonchev–Trinajstić information content (AvgIpc) is 3.18. The summed E-state index contributed by atoms with van der Waals surface area (Å²) >= 11 is 0. The smallest absolute Gasteiger partial charge is 0.326 e. The van der Waals surface area contributed by atoms with Gasteiger partial charge in [-0.3, -0.25) is 24.0 Å². The van der Waals surface area contributed by atoms with Crippen LogP contribution in [0.1, 0.15) is 45.4 Å². The number of nitrogens with two attached hydrogens (primary N) is 2. The molecule has 1 heterocycles. The van der Waals surface area contributed by atoms with Crippen molar-refractivity contribution in [1.82, 2.24) is 15.5 Å². The number of nitrogens with one attached hydrogen (secondary N) is 2. The van der Waals surface area contributed by atoms with Crippen molar-refractivity contribution in [2.45, 2.75) is 69.6 Å². The van der Waals surface area contributed by atoms with E-state index in [1.807, 2.05) is 0 Å². The van der Waals surface area contributed by atoms with Crippen molar-refractivity contribution in [2.24, 2.45) is 11.5 Å². The molecule has 0 bridgehead atoms. The molecular weight excluding hydrogens is 414 g/mol. The molecule has 1 saturated heterocycles. The Labute approximate surface area is 178 Å². The quantitative estimate of drug-likeness (QED) is 0.187.